The van der Waals surface area contributed by atoms with Gasteiger partial charge in [0.1, 0.15) is 19.4 Å². The molecule has 1 saturated heterocycles. The van der Waals surface area contributed by atoms with Crippen LogP contribution in [0.3, 0.4) is 0 Å². The summed E-state index contributed by atoms with van der Waals surface area (Å²) < 4.78 is 18.8. The summed E-state index contributed by atoms with van der Waals surface area (Å²) in [4.78, 5) is 12.2. The number of carbonyl (C=O) groups excluding carboxylic acids is 1. The number of nitrogens with one attached hydrogen (secondary N) is 1. The summed E-state index contributed by atoms with van der Waals surface area (Å²) >= 11 is 0. The van der Waals surface area contributed by atoms with Crippen molar-refractivity contribution in [3.05, 3.63) is 35.5 Å². The molecule has 1 aliphatic rings. The van der Waals surface area contributed by atoms with Crippen molar-refractivity contribution in [1.29, 1.82) is 5.26 Å². The monoisotopic (exact) mass is 553 g/mol. The lowest BCUT2D eigenvalue weighted by atomic mass is 9.97. The maximum absolute atomic E-state index is 12.2. The molecule has 1 aromatic carbocycles. The quantitative estimate of drug-likeness (QED) is 0.188. The van der Waals surface area contributed by atoms with E-state index in [0.29, 0.717) is 43.5 Å². The number of aromatic nitrogens is 2. The summed E-state index contributed by atoms with van der Waals surface area (Å²) in [5.41, 5.74) is 10.7. The average molecular weight is 554 g/mol. The molecule has 0 unspecified atom stereocenters. The van der Waals surface area contributed by atoms with Crippen molar-refractivity contribution in [2.45, 2.75) is 57.8 Å². The number of primary amides is 1. The fourth-order valence-corrected chi connectivity index (χ4v) is 5.00. The van der Waals surface area contributed by atoms with Gasteiger partial charge >= 0.3 is 0 Å². The van der Waals surface area contributed by atoms with Gasteiger partial charge in [0.15, 0.2) is 12.6 Å². The van der Waals surface area contributed by atoms with Gasteiger partial charge in [-0.3, -0.25) is 9.48 Å². The highest BCUT2D eigenvalue weighted by atomic mass is 28.3. The zero-order valence-corrected chi connectivity index (χ0v) is 25.3. The third kappa shape index (κ3) is 8.74. The lowest BCUT2D eigenvalue weighted by molar-refractivity contribution is 0.0219. The minimum Gasteiger partial charge on any atom is -0.466 e. The van der Waals surface area contributed by atoms with Gasteiger partial charge in [0.05, 0.1) is 30.2 Å². The molecule has 1 aliphatic heterocycles. The number of hydrogen-bond donors (Lipinski definition) is 2. The van der Waals surface area contributed by atoms with Gasteiger partial charge in [-0.2, -0.15) is 10.4 Å². The molecule has 2 aromatic rings. The molecule has 0 saturated carbocycles. The fourth-order valence-electron chi connectivity index (χ4n) is 3.73. The molecule has 0 bridgehead atoms. The van der Waals surface area contributed by atoms with Crippen LogP contribution in [0.2, 0.25) is 45.3 Å². The van der Waals surface area contributed by atoms with E-state index in [-0.39, 0.29) is 24.3 Å². The topological polar surface area (TPSA) is 124 Å². The highest BCUT2D eigenvalue weighted by Crippen LogP contribution is 2.30. The second-order valence-electron chi connectivity index (χ2n) is 11.7. The summed E-state index contributed by atoms with van der Waals surface area (Å²) in [6.07, 6.45) is 2.19. The van der Waals surface area contributed by atoms with Gasteiger partial charge in [0.25, 0.3) is 5.91 Å². The summed E-state index contributed by atoms with van der Waals surface area (Å²) in [6.45, 7) is 15.2. The molecule has 2 atom stereocenters. The minimum atomic E-state index is -1.65. The summed E-state index contributed by atoms with van der Waals surface area (Å²) in [7, 11) is -2.82. The zero-order chi connectivity index (χ0) is 27.9. The molecular weight excluding hydrogens is 515 g/mol. The largest absolute Gasteiger partial charge is 0.466 e. The van der Waals surface area contributed by atoms with E-state index in [9.17, 15) is 10.1 Å². The Morgan fingerprint density at radius 2 is 2.05 bits per heavy atom. The van der Waals surface area contributed by atoms with Crippen molar-refractivity contribution in [1.82, 2.24) is 9.78 Å². The predicted molar refractivity (Wildman–Crippen MR) is 154 cm³/mol. The van der Waals surface area contributed by atoms with E-state index < -0.39 is 22.1 Å². The molecule has 3 N–H and O–H groups in total. The fraction of sp³-hybridized carbons (Fsp3) is 0.519. The Labute approximate surface area is 227 Å². The van der Waals surface area contributed by atoms with Crippen molar-refractivity contribution in [2.24, 2.45) is 11.7 Å². The van der Waals surface area contributed by atoms with Crippen LogP contribution in [-0.2, 0) is 9.47 Å². The molecule has 0 radical (unpaired) electrons. The second-order valence-corrected chi connectivity index (χ2v) is 22.1. The molecule has 11 heteroatoms. The number of rotatable bonds is 10. The van der Waals surface area contributed by atoms with Crippen LogP contribution in [0.5, 0.6) is 5.75 Å². The van der Waals surface area contributed by atoms with Gasteiger partial charge in [-0.15, -0.1) is 5.54 Å². The Kier molecular flexibility index (Phi) is 9.79. The Bertz CT molecular complexity index is 1230. The van der Waals surface area contributed by atoms with Crippen LogP contribution in [0.25, 0.3) is 0 Å². The van der Waals surface area contributed by atoms with E-state index in [2.05, 4.69) is 67.2 Å². The Balaban J connectivity index is 1.84. The first kappa shape index (κ1) is 29.5. The Hall–Kier alpha value is -3.10. The lowest BCUT2D eigenvalue weighted by Crippen LogP contribution is -2.29. The van der Waals surface area contributed by atoms with E-state index in [1.165, 1.54) is 0 Å². The first-order chi connectivity index (χ1) is 17.9. The van der Waals surface area contributed by atoms with Gasteiger partial charge in [0.2, 0.25) is 0 Å². The van der Waals surface area contributed by atoms with Crippen molar-refractivity contribution >= 4 is 33.6 Å². The van der Waals surface area contributed by atoms with Crippen LogP contribution in [0.4, 0.5) is 11.5 Å². The summed E-state index contributed by atoms with van der Waals surface area (Å²) in [5.74, 6) is 3.35. The zero-order valence-electron chi connectivity index (χ0n) is 23.3. The molecule has 0 aliphatic carbocycles. The number of benzene rings is 1. The SMILES string of the molecule is C[Si](C)(C)C#Cc1cc(Nc2nn([C@H]3COCC[C@@H]3C#N)cc2C(N)=O)ccc1OCOCC[Si](C)(C)C. The van der Waals surface area contributed by atoms with Gasteiger partial charge in [-0.1, -0.05) is 45.2 Å². The standard InChI is InChI=1S/C27H39N5O4Si2/c1-37(2,3)13-10-20-15-22(7-8-25(20)36-19-35-12-14-38(4,5)6)30-27-23(26(29)33)17-32(31-27)24-18-34-11-9-21(24)16-28/h7-8,15,17,21,24H,9,11-12,14,18-19H2,1-6H3,(H2,29,33)(H,30,31)/t21-,24+/m1/s1. The number of carbonyl (C=O) groups is 1. The Morgan fingerprint density at radius 3 is 2.71 bits per heavy atom. The number of hydrogen-bond acceptors (Lipinski definition) is 7. The minimum absolute atomic E-state index is 0.151. The van der Waals surface area contributed by atoms with Crippen LogP contribution in [0, 0.1) is 28.7 Å². The molecule has 1 aromatic heterocycles. The summed E-state index contributed by atoms with van der Waals surface area (Å²) in [5, 5.41) is 17.3. The molecule has 2 heterocycles. The number of nitrogens with two attached hydrogens (primary N) is 1. The third-order valence-corrected chi connectivity index (χ3v) is 8.52. The molecule has 1 amide bonds. The smallest absolute Gasteiger partial charge is 0.254 e. The van der Waals surface area contributed by atoms with E-state index in [0.717, 1.165) is 11.6 Å². The molecule has 204 valence electrons. The maximum Gasteiger partial charge on any atom is 0.254 e. The van der Waals surface area contributed by atoms with Gasteiger partial charge < -0.3 is 25.3 Å². The average Bonchev–Trinajstić information content (AvgIpc) is 3.26. The first-order valence-electron chi connectivity index (χ1n) is 12.9. The summed E-state index contributed by atoms with van der Waals surface area (Å²) in [6, 6.07) is 8.63. The van der Waals surface area contributed by atoms with E-state index in [4.69, 9.17) is 19.9 Å². The van der Waals surface area contributed by atoms with Gasteiger partial charge in [-0.25, -0.2) is 0 Å². The van der Waals surface area contributed by atoms with Gasteiger partial charge in [-0.05, 0) is 30.7 Å². The molecule has 3 rings (SSSR count). The van der Waals surface area contributed by atoms with Crippen LogP contribution in [0.1, 0.15) is 28.4 Å². The normalized spacial score (nSPS) is 17.7. The van der Waals surface area contributed by atoms with Crippen LogP contribution in [-0.4, -0.2) is 58.4 Å². The first-order valence-corrected chi connectivity index (χ1v) is 20.1. The number of anilines is 2. The molecule has 38 heavy (non-hydrogen) atoms. The van der Waals surface area contributed by atoms with Crippen LogP contribution in [0.15, 0.2) is 24.4 Å². The maximum atomic E-state index is 12.2. The van der Waals surface area contributed by atoms with E-state index in [1.807, 2.05) is 18.2 Å². The van der Waals surface area contributed by atoms with E-state index in [1.54, 1.807) is 10.9 Å². The van der Waals surface area contributed by atoms with Crippen molar-refractivity contribution < 1.29 is 19.0 Å². The third-order valence-electron chi connectivity index (χ3n) is 5.94. The Morgan fingerprint density at radius 1 is 1.29 bits per heavy atom. The van der Waals surface area contributed by atoms with Crippen molar-refractivity contribution in [3.8, 4) is 23.3 Å². The van der Waals surface area contributed by atoms with Crippen molar-refractivity contribution in [3.63, 3.8) is 0 Å². The number of ether oxygens (including phenoxy) is 3. The predicted octanol–water partition coefficient (Wildman–Crippen LogP) is 4.75. The highest BCUT2D eigenvalue weighted by Gasteiger charge is 2.29. The number of amides is 1. The van der Waals surface area contributed by atoms with Crippen LogP contribution < -0.4 is 15.8 Å². The molecule has 0 spiro atoms. The molecular formula is C27H39N5O4Si2. The molecule has 9 nitrogen and oxygen atoms in total. The number of nitriles is 1. The van der Waals surface area contributed by atoms with Crippen LogP contribution >= 0.6 is 0 Å². The van der Waals surface area contributed by atoms with E-state index >= 15 is 0 Å². The second kappa shape index (κ2) is 12.6. The van der Waals surface area contributed by atoms with Gasteiger partial charge in [0, 0.05) is 33.2 Å². The number of nitrogens with zero attached hydrogens (tertiary/aromatic N) is 3. The highest BCUT2D eigenvalue weighted by molar-refractivity contribution is 6.83. The lowest BCUT2D eigenvalue weighted by Gasteiger charge is -2.26. The molecule has 1 fully saturated rings. The van der Waals surface area contributed by atoms with Crippen molar-refractivity contribution in [2.75, 3.05) is 31.9 Å².